The van der Waals surface area contributed by atoms with E-state index in [9.17, 15) is 14.4 Å². The Hall–Kier alpha value is -1.67. The molecule has 0 saturated heterocycles. The van der Waals surface area contributed by atoms with Crippen molar-refractivity contribution in [2.24, 2.45) is 5.73 Å². The van der Waals surface area contributed by atoms with Gasteiger partial charge in [-0.1, -0.05) is 0 Å². The molecule has 0 fully saturated rings. The number of carbonyl (C=O) groups excluding carboxylic acids is 2. The summed E-state index contributed by atoms with van der Waals surface area (Å²) in [5.74, 6) is -2.60. The highest BCUT2D eigenvalue weighted by atomic mass is 16.4. The van der Waals surface area contributed by atoms with Crippen molar-refractivity contribution >= 4 is 17.8 Å². The normalized spacial score (nSPS) is 13.7. The largest absolute Gasteiger partial charge is 0.480 e. The first kappa shape index (κ1) is 14.3. The van der Waals surface area contributed by atoms with Gasteiger partial charge in [-0.2, -0.15) is 0 Å². The third-order valence-corrected chi connectivity index (χ3v) is 1.64. The number of carbonyl (C=O) groups is 3. The topological polar surface area (TPSA) is 142 Å². The fourth-order valence-electron chi connectivity index (χ4n) is 0.783. The molecule has 2 unspecified atom stereocenters. The van der Waals surface area contributed by atoms with Crippen molar-refractivity contribution in [1.29, 1.82) is 0 Å². The summed E-state index contributed by atoms with van der Waals surface area (Å²) in [7, 11) is 0. The van der Waals surface area contributed by atoms with Crippen LogP contribution in [-0.4, -0.2) is 53.2 Å². The first-order valence-electron chi connectivity index (χ1n) is 4.54. The molecule has 2 amide bonds. The van der Waals surface area contributed by atoms with E-state index < -0.39 is 43.0 Å². The van der Waals surface area contributed by atoms with Gasteiger partial charge in [0.25, 0.3) is 0 Å². The average Bonchev–Trinajstić information content (AvgIpc) is 2.21. The number of rotatable bonds is 6. The van der Waals surface area contributed by atoms with Crippen LogP contribution in [0, 0.1) is 0 Å². The van der Waals surface area contributed by atoms with Gasteiger partial charge in [-0.25, -0.2) is 0 Å². The molecule has 0 spiro atoms. The molecule has 0 aromatic heterocycles. The quantitative estimate of drug-likeness (QED) is 0.331. The van der Waals surface area contributed by atoms with E-state index in [0.29, 0.717) is 0 Å². The van der Waals surface area contributed by atoms with Crippen LogP contribution in [0.5, 0.6) is 0 Å². The number of aliphatic carboxylic acids is 1. The Morgan fingerprint density at radius 2 is 1.88 bits per heavy atom. The Bertz CT molecular complexity index is 279. The van der Waals surface area contributed by atoms with Gasteiger partial charge in [-0.05, 0) is 6.92 Å². The van der Waals surface area contributed by atoms with E-state index in [-0.39, 0.29) is 0 Å². The van der Waals surface area contributed by atoms with Gasteiger partial charge in [0.05, 0.1) is 12.6 Å². The molecular formula is C8H15N3O5. The van der Waals surface area contributed by atoms with Crippen LogP contribution < -0.4 is 16.4 Å². The summed E-state index contributed by atoms with van der Waals surface area (Å²) < 4.78 is 0. The number of hydrogen-bond acceptors (Lipinski definition) is 5. The minimum Gasteiger partial charge on any atom is -0.480 e. The molecule has 8 heteroatoms. The zero-order valence-corrected chi connectivity index (χ0v) is 8.77. The second kappa shape index (κ2) is 6.75. The third kappa shape index (κ3) is 5.27. The lowest BCUT2D eigenvalue weighted by molar-refractivity contribution is -0.138. The molecule has 0 aliphatic rings. The van der Waals surface area contributed by atoms with Gasteiger partial charge in [0.1, 0.15) is 12.6 Å². The van der Waals surface area contributed by atoms with Gasteiger partial charge >= 0.3 is 5.97 Å². The number of amides is 2. The van der Waals surface area contributed by atoms with E-state index in [1.807, 2.05) is 5.32 Å². The Kier molecular flexibility index (Phi) is 6.04. The zero-order chi connectivity index (χ0) is 12.7. The van der Waals surface area contributed by atoms with Crippen molar-refractivity contribution in [2.75, 3.05) is 13.2 Å². The van der Waals surface area contributed by atoms with E-state index in [0.717, 1.165) is 0 Å². The second-order valence-corrected chi connectivity index (χ2v) is 3.14. The summed E-state index contributed by atoms with van der Waals surface area (Å²) in [6.45, 7) is 0.201. The lowest BCUT2D eigenvalue weighted by Gasteiger charge is -2.16. The summed E-state index contributed by atoms with van der Waals surface area (Å²) in [4.78, 5) is 32.5. The maximum absolute atomic E-state index is 11.2. The van der Waals surface area contributed by atoms with Crippen molar-refractivity contribution in [2.45, 2.75) is 19.0 Å². The zero-order valence-electron chi connectivity index (χ0n) is 8.77. The molecule has 0 rings (SSSR count). The van der Waals surface area contributed by atoms with E-state index in [2.05, 4.69) is 5.32 Å². The lowest BCUT2D eigenvalue weighted by atomic mass is 10.2. The molecule has 0 heterocycles. The summed E-state index contributed by atoms with van der Waals surface area (Å²) in [6.07, 6.45) is 0. The Morgan fingerprint density at radius 3 is 2.25 bits per heavy atom. The Morgan fingerprint density at radius 1 is 1.31 bits per heavy atom. The van der Waals surface area contributed by atoms with Crippen LogP contribution in [0.1, 0.15) is 6.92 Å². The van der Waals surface area contributed by atoms with Crippen LogP contribution in [0.25, 0.3) is 0 Å². The number of aliphatic hydroxyl groups excluding tert-OH is 1. The molecule has 92 valence electrons. The standard InChI is InChI=1S/C8H15N3O5/c1-4(9)7(15)11-5(3-12)8(16)10-2-6(13)14/h4-5,12H,2-3,9H2,1H3,(H,10,16)(H,11,15)(H,13,14). The van der Waals surface area contributed by atoms with E-state index in [4.69, 9.17) is 15.9 Å². The highest BCUT2D eigenvalue weighted by molar-refractivity contribution is 5.90. The number of carboxylic acid groups (broad SMARTS) is 1. The molecule has 0 saturated carbocycles. The Balaban J connectivity index is 4.22. The van der Waals surface area contributed by atoms with Crippen LogP contribution in [0.2, 0.25) is 0 Å². The highest BCUT2D eigenvalue weighted by Gasteiger charge is 2.21. The molecule has 0 aliphatic carbocycles. The molecule has 0 radical (unpaired) electrons. The molecule has 16 heavy (non-hydrogen) atoms. The van der Waals surface area contributed by atoms with Crippen molar-refractivity contribution in [3.63, 3.8) is 0 Å². The molecule has 0 aliphatic heterocycles. The number of aliphatic hydroxyl groups is 1. The fraction of sp³-hybridized carbons (Fsp3) is 0.625. The molecule has 8 nitrogen and oxygen atoms in total. The second-order valence-electron chi connectivity index (χ2n) is 3.14. The smallest absolute Gasteiger partial charge is 0.322 e. The lowest BCUT2D eigenvalue weighted by Crippen LogP contribution is -2.53. The number of nitrogens with one attached hydrogen (secondary N) is 2. The van der Waals surface area contributed by atoms with Crippen molar-refractivity contribution in [1.82, 2.24) is 10.6 Å². The van der Waals surface area contributed by atoms with E-state index >= 15 is 0 Å². The molecule has 0 aromatic carbocycles. The first-order chi connectivity index (χ1) is 7.38. The number of carboxylic acids is 1. The molecule has 0 bridgehead atoms. The van der Waals surface area contributed by atoms with Crippen molar-refractivity contribution in [3.05, 3.63) is 0 Å². The van der Waals surface area contributed by atoms with Crippen LogP contribution in [0.15, 0.2) is 0 Å². The maximum Gasteiger partial charge on any atom is 0.322 e. The molecule has 2 atom stereocenters. The Labute approximate surface area is 91.8 Å². The SMILES string of the molecule is CC(N)C(=O)NC(CO)C(=O)NCC(=O)O. The van der Waals surface area contributed by atoms with Gasteiger partial charge < -0.3 is 26.6 Å². The molecule has 6 N–H and O–H groups in total. The number of hydrogen-bond donors (Lipinski definition) is 5. The van der Waals surface area contributed by atoms with Crippen LogP contribution in [0.4, 0.5) is 0 Å². The monoisotopic (exact) mass is 233 g/mol. The van der Waals surface area contributed by atoms with Crippen LogP contribution >= 0.6 is 0 Å². The molecular weight excluding hydrogens is 218 g/mol. The van der Waals surface area contributed by atoms with Gasteiger partial charge in [0.2, 0.25) is 11.8 Å². The maximum atomic E-state index is 11.2. The van der Waals surface area contributed by atoms with Gasteiger partial charge in [-0.15, -0.1) is 0 Å². The predicted molar refractivity (Wildman–Crippen MR) is 53.3 cm³/mol. The van der Waals surface area contributed by atoms with Gasteiger partial charge in [-0.3, -0.25) is 14.4 Å². The minimum atomic E-state index is -1.22. The summed E-state index contributed by atoms with van der Waals surface area (Å²) in [5, 5.41) is 21.3. The van der Waals surface area contributed by atoms with E-state index in [1.165, 1.54) is 6.92 Å². The van der Waals surface area contributed by atoms with Crippen molar-refractivity contribution in [3.8, 4) is 0 Å². The van der Waals surface area contributed by atoms with Gasteiger partial charge in [0.15, 0.2) is 0 Å². The number of nitrogens with two attached hydrogens (primary N) is 1. The average molecular weight is 233 g/mol. The summed E-state index contributed by atoms with van der Waals surface area (Å²) in [5.41, 5.74) is 5.24. The third-order valence-electron chi connectivity index (χ3n) is 1.64. The predicted octanol–water partition coefficient (Wildman–Crippen LogP) is -2.99. The fourth-order valence-corrected chi connectivity index (χ4v) is 0.783. The summed E-state index contributed by atoms with van der Waals surface area (Å²) >= 11 is 0. The van der Waals surface area contributed by atoms with Crippen LogP contribution in [0.3, 0.4) is 0 Å². The van der Waals surface area contributed by atoms with Gasteiger partial charge in [0, 0.05) is 0 Å². The van der Waals surface area contributed by atoms with Crippen molar-refractivity contribution < 1.29 is 24.6 Å². The van der Waals surface area contributed by atoms with Crippen LogP contribution in [-0.2, 0) is 14.4 Å². The minimum absolute atomic E-state index is 0.580. The molecule has 0 aromatic rings. The first-order valence-corrected chi connectivity index (χ1v) is 4.54. The van der Waals surface area contributed by atoms with E-state index in [1.54, 1.807) is 0 Å². The summed E-state index contributed by atoms with van der Waals surface area (Å²) in [6, 6.07) is -2.01. The highest BCUT2D eigenvalue weighted by Crippen LogP contribution is 1.85.